The third kappa shape index (κ3) is 2.74. The monoisotopic (exact) mass is 225 g/mol. The van der Waals surface area contributed by atoms with E-state index >= 15 is 0 Å². The normalized spacial score (nSPS) is 33.1. The van der Waals surface area contributed by atoms with Gasteiger partial charge in [-0.15, -0.1) is 0 Å². The highest BCUT2D eigenvalue weighted by Crippen LogP contribution is 2.28. The third-order valence-corrected chi connectivity index (χ3v) is 3.84. The fraction of sp³-hybridized carbons (Fsp3) is 0.917. The molecule has 4 nitrogen and oxygen atoms in total. The summed E-state index contributed by atoms with van der Waals surface area (Å²) in [5.41, 5.74) is 0. The lowest BCUT2D eigenvalue weighted by molar-refractivity contribution is -0.122. The van der Waals surface area contributed by atoms with Crippen molar-refractivity contribution in [2.75, 3.05) is 20.1 Å². The van der Waals surface area contributed by atoms with Gasteiger partial charge >= 0.3 is 0 Å². The highest BCUT2D eigenvalue weighted by molar-refractivity contribution is 5.77. The summed E-state index contributed by atoms with van der Waals surface area (Å²) in [5, 5.41) is 6.48. The van der Waals surface area contributed by atoms with Crippen molar-refractivity contribution in [3.63, 3.8) is 0 Å². The highest BCUT2D eigenvalue weighted by atomic mass is 16.2. The van der Waals surface area contributed by atoms with E-state index in [-0.39, 0.29) is 5.91 Å². The highest BCUT2D eigenvalue weighted by Gasteiger charge is 2.35. The van der Waals surface area contributed by atoms with E-state index in [2.05, 4.69) is 22.6 Å². The SMILES string of the molecule is CCNC(=O)CN(C)C1CC2CCC(C1)N2. The van der Waals surface area contributed by atoms with Gasteiger partial charge in [-0.2, -0.15) is 0 Å². The maximum atomic E-state index is 11.5. The van der Waals surface area contributed by atoms with Crippen LogP contribution in [0.5, 0.6) is 0 Å². The zero-order valence-electron chi connectivity index (χ0n) is 10.3. The molecule has 0 spiro atoms. The fourth-order valence-corrected chi connectivity index (χ4v) is 3.00. The number of carbonyl (C=O) groups excluding carboxylic acids is 1. The predicted octanol–water partition coefficient (Wildman–Crippen LogP) is 0.337. The van der Waals surface area contributed by atoms with Crippen LogP contribution >= 0.6 is 0 Å². The molecule has 2 saturated heterocycles. The van der Waals surface area contributed by atoms with Gasteiger partial charge in [0.05, 0.1) is 6.54 Å². The smallest absolute Gasteiger partial charge is 0.234 e. The number of carbonyl (C=O) groups is 1. The minimum Gasteiger partial charge on any atom is -0.355 e. The molecule has 2 unspecified atom stereocenters. The molecule has 0 aromatic heterocycles. The van der Waals surface area contributed by atoms with Gasteiger partial charge in [0.15, 0.2) is 0 Å². The Kier molecular flexibility index (Phi) is 3.82. The second-order valence-corrected chi connectivity index (χ2v) is 5.13. The summed E-state index contributed by atoms with van der Waals surface area (Å²) in [6.07, 6.45) is 5.03. The fourth-order valence-electron chi connectivity index (χ4n) is 3.00. The Bertz CT molecular complexity index is 245. The molecule has 2 aliphatic heterocycles. The number of rotatable bonds is 4. The van der Waals surface area contributed by atoms with E-state index in [1.54, 1.807) is 0 Å². The van der Waals surface area contributed by atoms with Crippen LogP contribution in [0.4, 0.5) is 0 Å². The zero-order chi connectivity index (χ0) is 11.5. The van der Waals surface area contributed by atoms with Crippen molar-refractivity contribution in [2.24, 2.45) is 0 Å². The topological polar surface area (TPSA) is 44.4 Å². The molecule has 0 aromatic rings. The van der Waals surface area contributed by atoms with Gasteiger partial charge in [-0.05, 0) is 39.7 Å². The average Bonchev–Trinajstić information content (AvgIpc) is 2.58. The van der Waals surface area contributed by atoms with Crippen LogP contribution in [0.3, 0.4) is 0 Å². The van der Waals surface area contributed by atoms with Gasteiger partial charge in [-0.25, -0.2) is 0 Å². The van der Waals surface area contributed by atoms with Crippen LogP contribution in [0.15, 0.2) is 0 Å². The van der Waals surface area contributed by atoms with Crippen LogP contribution in [0.25, 0.3) is 0 Å². The molecule has 16 heavy (non-hydrogen) atoms. The van der Waals surface area contributed by atoms with Crippen LogP contribution in [0.1, 0.15) is 32.6 Å². The van der Waals surface area contributed by atoms with Crippen LogP contribution in [-0.2, 0) is 4.79 Å². The number of piperidine rings is 1. The van der Waals surface area contributed by atoms with Crippen LogP contribution in [-0.4, -0.2) is 49.1 Å². The van der Waals surface area contributed by atoms with Gasteiger partial charge in [0, 0.05) is 24.7 Å². The number of nitrogens with zero attached hydrogens (tertiary/aromatic N) is 1. The summed E-state index contributed by atoms with van der Waals surface area (Å²) in [5.74, 6) is 0.149. The maximum Gasteiger partial charge on any atom is 0.234 e. The first-order chi connectivity index (χ1) is 7.69. The number of fused-ring (bicyclic) bond motifs is 2. The Morgan fingerprint density at radius 3 is 2.56 bits per heavy atom. The molecular weight excluding hydrogens is 202 g/mol. The first kappa shape index (κ1) is 11.9. The van der Waals surface area contributed by atoms with Crippen molar-refractivity contribution < 1.29 is 4.79 Å². The number of amides is 1. The molecule has 1 amide bonds. The molecule has 2 N–H and O–H groups in total. The van der Waals surface area contributed by atoms with Gasteiger partial charge in [0.2, 0.25) is 5.91 Å². The van der Waals surface area contributed by atoms with Crippen molar-refractivity contribution in [3.05, 3.63) is 0 Å². The van der Waals surface area contributed by atoms with Crippen molar-refractivity contribution in [1.29, 1.82) is 0 Å². The van der Waals surface area contributed by atoms with Gasteiger partial charge < -0.3 is 10.6 Å². The van der Waals surface area contributed by atoms with Gasteiger partial charge in [-0.1, -0.05) is 0 Å². The minimum atomic E-state index is 0.149. The summed E-state index contributed by atoms with van der Waals surface area (Å²) in [4.78, 5) is 13.7. The summed E-state index contributed by atoms with van der Waals surface area (Å²) < 4.78 is 0. The minimum absolute atomic E-state index is 0.149. The number of likely N-dealkylation sites (N-methyl/N-ethyl adjacent to an activating group) is 2. The van der Waals surface area contributed by atoms with Crippen LogP contribution in [0.2, 0.25) is 0 Å². The zero-order valence-corrected chi connectivity index (χ0v) is 10.3. The van der Waals surface area contributed by atoms with E-state index in [1.165, 1.54) is 25.7 Å². The molecule has 4 heteroatoms. The van der Waals surface area contributed by atoms with E-state index in [1.807, 2.05) is 6.92 Å². The Hall–Kier alpha value is -0.610. The number of hydrogen-bond donors (Lipinski definition) is 2. The summed E-state index contributed by atoms with van der Waals surface area (Å²) in [6, 6.07) is 1.97. The molecular formula is C12H23N3O. The standard InChI is InChI=1S/C12H23N3O/c1-3-13-12(16)8-15(2)11-6-9-4-5-10(7-11)14-9/h9-11,14H,3-8H2,1-2H3,(H,13,16). The number of hydrogen-bond acceptors (Lipinski definition) is 3. The van der Waals surface area contributed by atoms with Gasteiger partial charge in [-0.3, -0.25) is 9.69 Å². The predicted molar refractivity (Wildman–Crippen MR) is 64.3 cm³/mol. The van der Waals surface area contributed by atoms with E-state index in [4.69, 9.17) is 0 Å². The first-order valence-corrected chi connectivity index (χ1v) is 6.42. The van der Waals surface area contributed by atoms with E-state index in [9.17, 15) is 4.79 Å². The summed E-state index contributed by atoms with van der Waals surface area (Å²) >= 11 is 0. The lowest BCUT2D eigenvalue weighted by atomic mass is 9.98. The first-order valence-electron chi connectivity index (χ1n) is 6.42. The lowest BCUT2D eigenvalue weighted by Gasteiger charge is -2.35. The quantitative estimate of drug-likeness (QED) is 0.725. The van der Waals surface area contributed by atoms with Crippen molar-refractivity contribution in [2.45, 2.75) is 50.7 Å². The largest absolute Gasteiger partial charge is 0.355 e. The Morgan fingerprint density at radius 2 is 2.00 bits per heavy atom. The second kappa shape index (κ2) is 5.15. The molecule has 2 bridgehead atoms. The molecule has 2 aliphatic rings. The molecule has 2 heterocycles. The molecule has 0 saturated carbocycles. The van der Waals surface area contributed by atoms with E-state index < -0.39 is 0 Å². The molecule has 92 valence electrons. The van der Waals surface area contributed by atoms with Crippen molar-refractivity contribution in [1.82, 2.24) is 15.5 Å². The van der Waals surface area contributed by atoms with E-state index in [0.29, 0.717) is 24.7 Å². The Balaban J connectivity index is 1.81. The molecule has 2 fully saturated rings. The average molecular weight is 225 g/mol. The molecule has 0 aromatic carbocycles. The molecule has 2 rings (SSSR count). The molecule has 0 aliphatic carbocycles. The van der Waals surface area contributed by atoms with Gasteiger partial charge in [0.1, 0.15) is 0 Å². The van der Waals surface area contributed by atoms with Gasteiger partial charge in [0.25, 0.3) is 0 Å². The molecule has 2 atom stereocenters. The number of nitrogens with one attached hydrogen (secondary N) is 2. The third-order valence-electron chi connectivity index (χ3n) is 3.84. The Morgan fingerprint density at radius 1 is 1.38 bits per heavy atom. The lowest BCUT2D eigenvalue weighted by Crippen LogP contribution is -2.49. The van der Waals surface area contributed by atoms with Crippen molar-refractivity contribution >= 4 is 5.91 Å². The van der Waals surface area contributed by atoms with Crippen LogP contribution in [0, 0.1) is 0 Å². The summed E-state index contributed by atoms with van der Waals surface area (Å²) in [6.45, 7) is 3.23. The van der Waals surface area contributed by atoms with E-state index in [0.717, 1.165) is 6.54 Å². The van der Waals surface area contributed by atoms with Crippen LogP contribution < -0.4 is 10.6 Å². The maximum absolute atomic E-state index is 11.5. The summed E-state index contributed by atoms with van der Waals surface area (Å²) in [7, 11) is 2.07. The van der Waals surface area contributed by atoms with Crippen molar-refractivity contribution in [3.8, 4) is 0 Å². The second-order valence-electron chi connectivity index (χ2n) is 5.13. The molecule has 0 radical (unpaired) electrons. The Labute approximate surface area is 97.8 Å².